The van der Waals surface area contributed by atoms with Crippen LogP contribution < -0.4 is 4.90 Å². The predicted octanol–water partition coefficient (Wildman–Crippen LogP) is 1.80. The van der Waals surface area contributed by atoms with Gasteiger partial charge in [0, 0.05) is 24.6 Å². The van der Waals surface area contributed by atoms with Crippen molar-refractivity contribution in [3.8, 4) is 0 Å². The van der Waals surface area contributed by atoms with Crippen molar-refractivity contribution in [2.75, 3.05) is 18.1 Å². The van der Waals surface area contributed by atoms with E-state index >= 15 is 0 Å². The normalized spacial score (nSPS) is 21.9. The Morgan fingerprint density at radius 2 is 2.57 bits per heavy atom. The molecule has 0 saturated carbocycles. The first-order valence-corrected chi connectivity index (χ1v) is 5.99. The maximum atomic E-state index is 8.95. The summed E-state index contributed by atoms with van der Waals surface area (Å²) in [4.78, 5) is 6.83. The van der Waals surface area contributed by atoms with E-state index in [0.29, 0.717) is 6.04 Å². The van der Waals surface area contributed by atoms with Gasteiger partial charge in [0.15, 0.2) is 5.13 Å². The molecule has 1 aliphatic heterocycles. The maximum absolute atomic E-state index is 8.95. The third-order valence-electron chi connectivity index (χ3n) is 2.69. The molecule has 0 aromatic carbocycles. The van der Waals surface area contributed by atoms with Crippen molar-refractivity contribution in [1.82, 2.24) is 4.98 Å². The van der Waals surface area contributed by atoms with Crippen molar-refractivity contribution >= 4 is 16.5 Å². The van der Waals surface area contributed by atoms with Crippen LogP contribution >= 0.6 is 11.3 Å². The molecule has 1 aliphatic rings. The second-order valence-electron chi connectivity index (χ2n) is 3.77. The van der Waals surface area contributed by atoms with Crippen LogP contribution in [-0.2, 0) is 0 Å². The van der Waals surface area contributed by atoms with Crippen LogP contribution in [-0.4, -0.2) is 29.3 Å². The first-order valence-electron chi connectivity index (χ1n) is 5.11. The van der Waals surface area contributed by atoms with E-state index in [9.17, 15) is 0 Å². The van der Waals surface area contributed by atoms with Gasteiger partial charge in [-0.3, -0.25) is 0 Å². The molecular weight excluding hydrogens is 196 g/mol. The van der Waals surface area contributed by atoms with Gasteiger partial charge in [0.2, 0.25) is 0 Å². The first kappa shape index (κ1) is 9.93. The standard InChI is InChI=1S/C10H16N2OS/c1-8-7-14-10(11-8)12-5-2-3-9(12)4-6-13/h7,9,13H,2-6H2,1H3. The van der Waals surface area contributed by atoms with Crippen LogP contribution in [0.3, 0.4) is 0 Å². The van der Waals surface area contributed by atoms with Crippen LogP contribution in [0.5, 0.6) is 0 Å². The van der Waals surface area contributed by atoms with E-state index in [1.807, 2.05) is 6.92 Å². The number of nitrogens with zero attached hydrogens (tertiary/aromatic N) is 2. The molecule has 1 fully saturated rings. The van der Waals surface area contributed by atoms with Crippen LogP contribution in [0.1, 0.15) is 25.0 Å². The van der Waals surface area contributed by atoms with Gasteiger partial charge in [0.25, 0.3) is 0 Å². The molecule has 1 N–H and O–H groups in total. The lowest BCUT2D eigenvalue weighted by molar-refractivity contribution is 0.276. The fourth-order valence-electron chi connectivity index (χ4n) is 2.01. The number of hydrogen-bond donors (Lipinski definition) is 1. The highest BCUT2D eigenvalue weighted by Gasteiger charge is 2.25. The summed E-state index contributed by atoms with van der Waals surface area (Å²) in [5, 5.41) is 12.2. The summed E-state index contributed by atoms with van der Waals surface area (Å²) in [5.74, 6) is 0. The summed E-state index contributed by atoms with van der Waals surface area (Å²) in [6.07, 6.45) is 3.29. The van der Waals surface area contributed by atoms with E-state index in [-0.39, 0.29) is 6.61 Å². The van der Waals surface area contributed by atoms with E-state index in [1.54, 1.807) is 11.3 Å². The average molecular weight is 212 g/mol. The Bertz CT molecular complexity index is 300. The minimum absolute atomic E-state index is 0.283. The van der Waals surface area contributed by atoms with Crippen LogP contribution in [0, 0.1) is 6.92 Å². The number of thiazole rings is 1. The molecule has 1 atom stereocenters. The van der Waals surface area contributed by atoms with E-state index in [4.69, 9.17) is 5.11 Å². The zero-order valence-corrected chi connectivity index (χ0v) is 9.26. The molecular formula is C10H16N2OS. The number of anilines is 1. The zero-order chi connectivity index (χ0) is 9.97. The largest absolute Gasteiger partial charge is 0.396 e. The molecule has 0 spiro atoms. The molecule has 0 radical (unpaired) electrons. The van der Waals surface area contributed by atoms with Gasteiger partial charge in [-0.05, 0) is 26.2 Å². The minimum Gasteiger partial charge on any atom is -0.396 e. The molecule has 14 heavy (non-hydrogen) atoms. The number of aliphatic hydroxyl groups is 1. The van der Waals surface area contributed by atoms with E-state index in [0.717, 1.165) is 23.8 Å². The highest BCUT2D eigenvalue weighted by molar-refractivity contribution is 7.13. The molecule has 1 aromatic rings. The molecule has 0 amide bonds. The van der Waals surface area contributed by atoms with Gasteiger partial charge in [0.05, 0.1) is 5.69 Å². The highest BCUT2D eigenvalue weighted by atomic mass is 32.1. The molecule has 2 heterocycles. The Labute approximate surface area is 88.4 Å². The summed E-state index contributed by atoms with van der Waals surface area (Å²) >= 11 is 1.71. The summed E-state index contributed by atoms with van der Waals surface area (Å²) in [6.45, 7) is 3.40. The second kappa shape index (κ2) is 4.28. The van der Waals surface area contributed by atoms with Crippen LogP contribution in [0.2, 0.25) is 0 Å². The molecule has 1 unspecified atom stereocenters. The summed E-state index contributed by atoms with van der Waals surface area (Å²) in [5.41, 5.74) is 1.10. The Morgan fingerprint density at radius 3 is 3.21 bits per heavy atom. The fraction of sp³-hybridized carbons (Fsp3) is 0.700. The van der Waals surface area contributed by atoms with Gasteiger partial charge < -0.3 is 10.0 Å². The fourth-order valence-corrected chi connectivity index (χ4v) is 2.91. The number of aryl methyl sites for hydroxylation is 1. The maximum Gasteiger partial charge on any atom is 0.185 e. The Kier molecular flexibility index (Phi) is 3.03. The first-order chi connectivity index (χ1) is 6.81. The lowest BCUT2D eigenvalue weighted by Crippen LogP contribution is -2.29. The third kappa shape index (κ3) is 1.91. The Hall–Kier alpha value is -0.610. The molecule has 0 aliphatic carbocycles. The quantitative estimate of drug-likeness (QED) is 0.830. The van der Waals surface area contributed by atoms with E-state index in [2.05, 4.69) is 15.3 Å². The van der Waals surface area contributed by atoms with Crippen molar-refractivity contribution in [2.45, 2.75) is 32.2 Å². The van der Waals surface area contributed by atoms with Crippen molar-refractivity contribution in [3.63, 3.8) is 0 Å². The van der Waals surface area contributed by atoms with E-state index in [1.165, 1.54) is 12.8 Å². The third-order valence-corrected chi connectivity index (χ3v) is 3.69. The number of aromatic nitrogens is 1. The molecule has 1 aromatic heterocycles. The molecule has 2 rings (SSSR count). The number of hydrogen-bond acceptors (Lipinski definition) is 4. The SMILES string of the molecule is Cc1csc(N2CCCC2CCO)n1. The lowest BCUT2D eigenvalue weighted by atomic mass is 10.1. The van der Waals surface area contributed by atoms with E-state index < -0.39 is 0 Å². The van der Waals surface area contributed by atoms with Crippen molar-refractivity contribution in [2.24, 2.45) is 0 Å². The Balaban J connectivity index is 2.09. The van der Waals surface area contributed by atoms with Crippen LogP contribution in [0.4, 0.5) is 5.13 Å². The van der Waals surface area contributed by atoms with Gasteiger partial charge in [0.1, 0.15) is 0 Å². The smallest absolute Gasteiger partial charge is 0.185 e. The lowest BCUT2D eigenvalue weighted by Gasteiger charge is -2.23. The second-order valence-corrected chi connectivity index (χ2v) is 4.61. The monoisotopic (exact) mass is 212 g/mol. The topological polar surface area (TPSA) is 36.4 Å². The minimum atomic E-state index is 0.283. The number of rotatable bonds is 3. The van der Waals surface area contributed by atoms with Crippen molar-refractivity contribution in [1.29, 1.82) is 0 Å². The highest BCUT2D eigenvalue weighted by Crippen LogP contribution is 2.29. The molecule has 0 bridgehead atoms. The molecule has 78 valence electrons. The number of aliphatic hydroxyl groups excluding tert-OH is 1. The van der Waals surface area contributed by atoms with Gasteiger partial charge in [-0.1, -0.05) is 0 Å². The average Bonchev–Trinajstić information content (AvgIpc) is 2.74. The van der Waals surface area contributed by atoms with Gasteiger partial charge in [-0.15, -0.1) is 11.3 Å². The van der Waals surface area contributed by atoms with Gasteiger partial charge in [-0.25, -0.2) is 4.98 Å². The van der Waals surface area contributed by atoms with Crippen LogP contribution in [0.25, 0.3) is 0 Å². The Morgan fingerprint density at radius 1 is 1.71 bits per heavy atom. The predicted molar refractivity (Wildman–Crippen MR) is 58.9 cm³/mol. The zero-order valence-electron chi connectivity index (χ0n) is 8.44. The van der Waals surface area contributed by atoms with Gasteiger partial charge in [-0.2, -0.15) is 0 Å². The van der Waals surface area contributed by atoms with Crippen LogP contribution in [0.15, 0.2) is 5.38 Å². The van der Waals surface area contributed by atoms with Gasteiger partial charge >= 0.3 is 0 Å². The van der Waals surface area contributed by atoms with Crippen molar-refractivity contribution in [3.05, 3.63) is 11.1 Å². The summed E-state index contributed by atoms with van der Waals surface area (Å²) in [6, 6.07) is 0.505. The molecule has 4 heteroatoms. The molecule has 1 saturated heterocycles. The summed E-state index contributed by atoms with van der Waals surface area (Å²) < 4.78 is 0. The molecule has 3 nitrogen and oxygen atoms in total. The van der Waals surface area contributed by atoms with Crippen molar-refractivity contribution < 1.29 is 5.11 Å². The summed E-state index contributed by atoms with van der Waals surface area (Å²) in [7, 11) is 0.